The third-order valence-corrected chi connectivity index (χ3v) is 4.37. The minimum absolute atomic E-state index is 0.331. The number of aliphatic carboxylic acids is 1. The average Bonchev–Trinajstić information content (AvgIpc) is 2.58. The van der Waals surface area contributed by atoms with E-state index < -0.39 is 5.97 Å². The number of aryl methyl sites for hydroxylation is 1. The lowest BCUT2D eigenvalue weighted by molar-refractivity contribution is -0.141. The molecular weight excluding hydrogens is 292 g/mol. The van der Waals surface area contributed by atoms with Gasteiger partial charge < -0.3 is 10.0 Å². The molecule has 1 fully saturated rings. The van der Waals surface area contributed by atoms with Crippen molar-refractivity contribution in [2.45, 2.75) is 26.7 Å². The van der Waals surface area contributed by atoms with E-state index in [4.69, 9.17) is 4.98 Å². The van der Waals surface area contributed by atoms with Gasteiger partial charge in [0, 0.05) is 42.3 Å². The molecule has 2 aromatic heterocycles. The predicted octanol–water partition coefficient (Wildman–Crippen LogP) is 2.46. The number of rotatable bonds is 3. The molecule has 3 rings (SSSR count). The summed E-state index contributed by atoms with van der Waals surface area (Å²) in [6.07, 6.45) is 5.03. The summed E-state index contributed by atoms with van der Waals surface area (Å²) in [6.45, 7) is 5.29. The number of aromatic nitrogens is 3. The number of carboxylic acids is 1. The smallest absolute Gasteiger partial charge is 0.308 e. The molecule has 120 valence electrons. The molecule has 1 atom stereocenters. The Hall–Kier alpha value is -2.50. The summed E-state index contributed by atoms with van der Waals surface area (Å²) in [4.78, 5) is 26.7. The van der Waals surface area contributed by atoms with E-state index in [0.29, 0.717) is 12.4 Å². The Bertz CT molecular complexity index is 718. The maximum Gasteiger partial charge on any atom is 0.308 e. The zero-order valence-corrected chi connectivity index (χ0v) is 13.4. The summed E-state index contributed by atoms with van der Waals surface area (Å²) >= 11 is 0. The molecule has 23 heavy (non-hydrogen) atoms. The van der Waals surface area contributed by atoms with Crippen molar-refractivity contribution >= 4 is 11.8 Å². The van der Waals surface area contributed by atoms with Gasteiger partial charge >= 0.3 is 5.97 Å². The number of pyridine rings is 1. The number of hydrogen-bond donors (Lipinski definition) is 1. The normalized spacial score (nSPS) is 18.0. The minimum atomic E-state index is -0.729. The summed E-state index contributed by atoms with van der Waals surface area (Å²) < 4.78 is 0. The molecule has 0 bridgehead atoms. The lowest BCUT2D eigenvalue weighted by atomic mass is 9.98. The van der Waals surface area contributed by atoms with Gasteiger partial charge in [0.2, 0.25) is 0 Å². The van der Waals surface area contributed by atoms with E-state index in [1.54, 1.807) is 12.4 Å². The van der Waals surface area contributed by atoms with Crippen molar-refractivity contribution in [2.75, 3.05) is 18.0 Å². The zero-order valence-electron chi connectivity index (χ0n) is 13.4. The minimum Gasteiger partial charge on any atom is -0.481 e. The van der Waals surface area contributed by atoms with E-state index in [-0.39, 0.29) is 5.92 Å². The van der Waals surface area contributed by atoms with Crippen molar-refractivity contribution in [3.63, 3.8) is 0 Å². The molecule has 0 aliphatic carbocycles. The third-order valence-electron chi connectivity index (χ3n) is 4.37. The molecule has 6 nitrogen and oxygen atoms in total. The molecule has 1 unspecified atom stereocenters. The molecule has 6 heteroatoms. The van der Waals surface area contributed by atoms with E-state index in [1.165, 1.54) is 0 Å². The van der Waals surface area contributed by atoms with Gasteiger partial charge in [0.15, 0.2) is 5.82 Å². The SMILES string of the molecule is Cc1nc(-c2ccncc2)nc(N2CCCC(C(=O)O)C2)c1C. The third kappa shape index (κ3) is 3.16. The van der Waals surface area contributed by atoms with Crippen LogP contribution in [0.3, 0.4) is 0 Å². The summed E-state index contributed by atoms with van der Waals surface area (Å²) in [5.41, 5.74) is 2.84. The van der Waals surface area contributed by atoms with Gasteiger partial charge in [-0.25, -0.2) is 9.97 Å². The first-order valence-electron chi connectivity index (χ1n) is 7.79. The Kier molecular flexibility index (Phi) is 4.23. The highest BCUT2D eigenvalue weighted by Crippen LogP contribution is 2.28. The van der Waals surface area contributed by atoms with Crippen LogP contribution in [-0.4, -0.2) is 39.1 Å². The fraction of sp³-hybridized carbons (Fsp3) is 0.412. The van der Waals surface area contributed by atoms with Crippen molar-refractivity contribution < 1.29 is 9.90 Å². The Balaban J connectivity index is 1.98. The molecule has 1 N–H and O–H groups in total. The van der Waals surface area contributed by atoms with Gasteiger partial charge in [0.05, 0.1) is 5.92 Å². The van der Waals surface area contributed by atoms with Gasteiger partial charge in [-0.1, -0.05) is 0 Å². The van der Waals surface area contributed by atoms with Crippen LogP contribution in [-0.2, 0) is 4.79 Å². The fourth-order valence-electron chi connectivity index (χ4n) is 2.92. The second-order valence-corrected chi connectivity index (χ2v) is 5.94. The maximum absolute atomic E-state index is 11.3. The highest BCUT2D eigenvalue weighted by atomic mass is 16.4. The first kappa shape index (κ1) is 15.4. The molecule has 0 radical (unpaired) electrons. The Morgan fingerprint density at radius 1 is 1.26 bits per heavy atom. The van der Waals surface area contributed by atoms with Crippen molar-refractivity contribution in [1.82, 2.24) is 15.0 Å². The molecule has 1 saturated heterocycles. The second kappa shape index (κ2) is 6.32. The highest BCUT2D eigenvalue weighted by Gasteiger charge is 2.27. The van der Waals surface area contributed by atoms with Crippen molar-refractivity contribution in [3.05, 3.63) is 35.8 Å². The number of hydrogen-bond acceptors (Lipinski definition) is 5. The van der Waals surface area contributed by atoms with Crippen LogP contribution in [0, 0.1) is 19.8 Å². The van der Waals surface area contributed by atoms with Crippen molar-refractivity contribution in [2.24, 2.45) is 5.92 Å². The van der Waals surface area contributed by atoms with Crippen LogP contribution in [0.2, 0.25) is 0 Å². The van der Waals surface area contributed by atoms with Gasteiger partial charge in [0.25, 0.3) is 0 Å². The summed E-state index contributed by atoms with van der Waals surface area (Å²) in [7, 11) is 0. The first-order valence-corrected chi connectivity index (χ1v) is 7.79. The van der Waals surface area contributed by atoms with Crippen LogP contribution in [0.5, 0.6) is 0 Å². The van der Waals surface area contributed by atoms with E-state index in [9.17, 15) is 9.90 Å². The number of anilines is 1. The van der Waals surface area contributed by atoms with E-state index in [2.05, 4.69) is 14.9 Å². The highest BCUT2D eigenvalue weighted by molar-refractivity contribution is 5.71. The van der Waals surface area contributed by atoms with Crippen LogP contribution < -0.4 is 4.90 Å². The predicted molar refractivity (Wildman–Crippen MR) is 87.3 cm³/mol. The van der Waals surface area contributed by atoms with E-state index >= 15 is 0 Å². The van der Waals surface area contributed by atoms with E-state index in [0.717, 1.165) is 42.0 Å². The van der Waals surface area contributed by atoms with Crippen LogP contribution in [0.1, 0.15) is 24.1 Å². The van der Waals surface area contributed by atoms with Crippen LogP contribution in [0.4, 0.5) is 5.82 Å². The van der Waals surface area contributed by atoms with Gasteiger partial charge in [-0.3, -0.25) is 9.78 Å². The largest absolute Gasteiger partial charge is 0.481 e. The van der Waals surface area contributed by atoms with Crippen LogP contribution in [0.25, 0.3) is 11.4 Å². The lowest BCUT2D eigenvalue weighted by Gasteiger charge is -2.33. The summed E-state index contributed by atoms with van der Waals surface area (Å²) in [6, 6.07) is 3.76. The number of carbonyl (C=O) groups is 1. The Morgan fingerprint density at radius 2 is 2.00 bits per heavy atom. The number of piperidine rings is 1. The second-order valence-electron chi connectivity index (χ2n) is 5.94. The molecule has 0 aromatic carbocycles. The molecular formula is C17H20N4O2. The molecule has 1 aliphatic rings. The maximum atomic E-state index is 11.3. The van der Waals surface area contributed by atoms with E-state index in [1.807, 2.05) is 26.0 Å². The number of carboxylic acid groups (broad SMARTS) is 1. The zero-order chi connectivity index (χ0) is 16.4. The quantitative estimate of drug-likeness (QED) is 0.938. The molecule has 2 aromatic rings. The fourth-order valence-corrected chi connectivity index (χ4v) is 2.92. The monoisotopic (exact) mass is 312 g/mol. The lowest BCUT2D eigenvalue weighted by Crippen LogP contribution is -2.39. The molecule has 0 spiro atoms. The van der Waals surface area contributed by atoms with Crippen molar-refractivity contribution in [3.8, 4) is 11.4 Å². The molecule has 1 aliphatic heterocycles. The molecule has 0 amide bonds. The molecule has 3 heterocycles. The van der Waals surface area contributed by atoms with Crippen molar-refractivity contribution in [1.29, 1.82) is 0 Å². The van der Waals surface area contributed by atoms with Gasteiger partial charge in [-0.2, -0.15) is 0 Å². The first-order chi connectivity index (χ1) is 11.1. The van der Waals surface area contributed by atoms with Gasteiger partial charge in [0.1, 0.15) is 5.82 Å². The average molecular weight is 312 g/mol. The topological polar surface area (TPSA) is 79.2 Å². The standard InChI is InChI=1S/C17H20N4O2/c1-11-12(2)19-15(13-5-7-18-8-6-13)20-16(11)21-9-3-4-14(10-21)17(22)23/h5-8,14H,3-4,9-10H2,1-2H3,(H,22,23). The van der Waals surface area contributed by atoms with Crippen LogP contribution >= 0.6 is 0 Å². The van der Waals surface area contributed by atoms with Gasteiger partial charge in [-0.15, -0.1) is 0 Å². The van der Waals surface area contributed by atoms with Crippen LogP contribution in [0.15, 0.2) is 24.5 Å². The van der Waals surface area contributed by atoms with Gasteiger partial charge in [-0.05, 0) is 38.8 Å². The summed E-state index contributed by atoms with van der Waals surface area (Å²) in [5.74, 6) is 0.438. The Labute approximate surface area is 135 Å². The molecule has 0 saturated carbocycles. The summed E-state index contributed by atoms with van der Waals surface area (Å²) in [5, 5.41) is 9.29. The number of nitrogens with zero attached hydrogens (tertiary/aromatic N) is 4. The Morgan fingerprint density at radius 3 is 2.70 bits per heavy atom.